The van der Waals surface area contributed by atoms with E-state index in [4.69, 9.17) is 10.5 Å². The number of ether oxygens (including phenoxy) is 2. The van der Waals surface area contributed by atoms with Gasteiger partial charge in [-0.05, 0) is 0 Å². The second-order valence-corrected chi connectivity index (χ2v) is 2.62. The van der Waals surface area contributed by atoms with E-state index in [-0.39, 0.29) is 5.69 Å². The molecule has 0 spiro atoms. The van der Waals surface area contributed by atoms with Gasteiger partial charge in [0.15, 0.2) is 5.69 Å². The highest BCUT2D eigenvalue weighted by atomic mass is 16.5. The SMILES string of the molecule is COC(=O)c1cc(OCCN)n(C)n1. The van der Waals surface area contributed by atoms with E-state index in [9.17, 15) is 4.79 Å². The van der Waals surface area contributed by atoms with Crippen LogP contribution in [0.1, 0.15) is 10.5 Å². The maximum Gasteiger partial charge on any atom is 0.358 e. The number of rotatable bonds is 4. The summed E-state index contributed by atoms with van der Waals surface area (Å²) in [6.45, 7) is 0.804. The van der Waals surface area contributed by atoms with Gasteiger partial charge >= 0.3 is 5.97 Å². The van der Waals surface area contributed by atoms with Crippen molar-refractivity contribution in [1.82, 2.24) is 9.78 Å². The Morgan fingerprint density at radius 2 is 2.43 bits per heavy atom. The van der Waals surface area contributed by atoms with Gasteiger partial charge < -0.3 is 15.2 Å². The standard InChI is InChI=1S/C8H13N3O3/c1-11-7(14-4-3-9)5-6(10-11)8(12)13-2/h5H,3-4,9H2,1-2H3. The Balaban J connectivity index is 2.76. The number of esters is 1. The monoisotopic (exact) mass is 199 g/mol. The first-order valence-electron chi connectivity index (χ1n) is 4.14. The fourth-order valence-corrected chi connectivity index (χ4v) is 0.953. The summed E-state index contributed by atoms with van der Waals surface area (Å²) in [6.07, 6.45) is 0. The molecule has 0 aromatic carbocycles. The first kappa shape index (κ1) is 10.5. The molecule has 0 fully saturated rings. The fourth-order valence-electron chi connectivity index (χ4n) is 0.953. The van der Waals surface area contributed by atoms with E-state index in [1.807, 2.05) is 0 Å². The van der Waals surface area contributed by atoms with Crippen molar-refractivity contribution in [3.8, 4) is 5.88 Å². The third kappa shape index (κ3) is 2.23. The smallest absolute Gasteiger partial charge is 0.358 e. The van der Waals surface area contributed by atoms with Crippen molar-refractivity contribution in [3.63, 3.8) is 0 Å². The van der Waals surface area contributed by atoms with Crippen LogP contribution in [0.15, 0.2) is 6.07 Å². The van der Waals surface area contributed by atoms with Crippen LogP contribution in [0.3, 0.4) is 0 Å². The van der Waals surface area contributed by atoms with Crippen LogP contribution < -0.4 is 10.5 Å². The van der Waals surface area contributed by atoms with Crippen LogP contribution >= 0.6 is 0 Å². The third-order valence-electron chi connectivity index (χ3n) is 1.60. The third-order valence-corrected chi connectivity index (χ3v) is 1.60. The lowest BCUT2D eigenvalue weighted by atomic mass is 10.4. The first-order chi connectivity index (χ1) is 6.69. The van der Waals surface area contributed by atoms with Gasteiger partial charge in [0, 0.05) is 19.7 Å². The van der Waals surface area contributed by atoms with E-state index in [2.05, 4.69) is 9.84 Å². The molecular weight excluding hydrogens is 186 g/mol. The number of nitrogens with two attached hydrogens (primary N) is 1. The zero-order valence-electron chi connectivity index (χ0n) is 8.19. The van der Waals surface area contributed by atoms with Crippen molar-refractivity contribution in [2.24, 2.45) is 12.8 Å². The van der Waals surface area contributed by atoms with Gasteiger partial charge in [0.25, 0.3) is 0 Å². The zero-order valence-corrected chi connectivity index (χ0v) is 8.19. The summed E-state index contributed by atoms with van der Waals surface area (Å²) < 4.78 is 11.2. The van der Waals surface area contributed by atoms with Crippen molar-refractivity contribution in [2.45, 2.75) is 0 Å². The Morgan fingerprint density at radius 1 is 1.71 bits per heavy atom. The molecule has 0 saturated carbocycles. The second-order valence-electron chi connectivity index (χ2n) is 2.62. The van der Waals surface area contributed by atoms with Crippen molar-refractivity contribution < 1.29 is 14.3 Å². The highest BCUT2D eigenvalue weighted by Gasteiger charge is 2.13. The van der Waals surface area contributed by atoms with Crippen LogP contribution in [0.2, 0.25) is 0 Å². The molecule has 1 aromatic rings. The number of aromatic nitrogens is 2. The van der Waals surface area contributed by atoms with Crippen LogP contribution in [0.5, 0.6) is 5.88 Å². The summed E-state index contributed by atoms with van der Waals surface area (Å²) in [7, 11) is 2.98. The van der Waals surface area contributed by atoms with Crippen LogP contribution in [-0.4, -0.2) is 36.0 Å². The molecule has 6 nitrogen and oxygen atoms in total. The Kier molecular flexibility index (Phi) is 3.47. The maximum atomic E-state index is 11.1. The molecule has 1 aromatic heterocycles. The average Bonchev–Trinajstić information content (AvgIpc) is 2.56. The number of hydrogen-bond acceptors (Lipinski definition) is 5. The Bertz CT molecular complexity index is 322. The van der Waals surface area contributed by atoms with Crippen molar-refractivity contribution >= 4 is 5.97 Å². The van der Waals surface area contributed by atoms with Crippen LogP contribution in [-0.2, 0) is 11.8 Å². The normalized spacial score (nSPS) is 9.93. The molecule has 0 amide bonds. The van der Waals surface area contributed by atoms with Gasteiger partial charge in [-0.2, -0.15) is 5.10 Å². The number of nitrogens with zero attached hydrogens (tertiary/aromatic N) is 2. The predicted molar refractivity (Wildman–Crippen MR) is 49.1 cm³/mol. The van der Waals surface area contributed by atoms with Crippen molar-refractivity contribution in [3.05, 3.63) is 11.8 Å². The van der Waals surface area contributed by atoms with E-state index >= 15 is 0 Å². The predicted octanol–water partition coefficient (Wildman–Crippen LogP) is -0.456. The number of carbonyl (C=O) groups is 1. The van der Waals surface area contributed by atoms with E-state index in [0.717, 1.165) is 0 Å². The van der Waals surface area contributed by atoms with Crippen LogP contribution in [0, 0.1) is 0 Å². The van der Waals surface area contributed by atoms with Crippen molar-refractivity contribution in [2.75, 3.05) is 20.3 Å². The summed E-state index contributed by atoms with van der Waals surface area (Å²) in [5, 5.41) is 3.91. The molecule has 0 unspecified atom stereocenters. The lowest BCUT2D eigenvalue weighted by Crippen LogP contribution is -2.12. The molecule has 1 heterocycles. The number of aryl methyl sites for hydroxylation is 1. The molecule has 0 aliphatic rings. The molecular formula is C8H13N3O3. The first-order valence-corrected chi connectivity index (χ1v) is 4.14. The molecule has 1 rings (SSSR count). The molecule has 0 aliphatic heterocycles. The average molecular weight is 199 g/mol. The molecule has 0 aliphatic carbocycles. The quantitative estimate of drug-likeness (QED) is 0.664. The second kappa shape index (κ2) is 4.61. The number of carbonyl (C=O) groups excluding carboxylic acids is 1. The Hall–Kier alpha value is -1.56. The Labute approximate surface area is 81.6 Å². The van der Waals surface area contributed by atoms with Gasteiger partial charge in [-0.3, -0.25) is 0 Å². The molecule has 0 saturated heterocycles. The summed E-state index contributed by atoms with van der Waals surface area (Å²) >= 11 is 0. The molecule has 78 valence electrons. The zero-order chi connectivity index (χ0) is 10.6. The lowest BCUT2D eigenvalue weighted by Gasteiger charge is -2.02. The molecule has 0 bridgehead atoms. The molecule has 2 N–H and O–H groups in total. The van der Waals surface area contributed by atoms with Crippen LogP contribution in [0.25, 0.3) is 0 Å². The molecule has 14 heavy (non-hydrogen) atoms. The number of hydrogen-bond donors (Lipinski definition) is 1. The van der Waals surface area contributed by atoms with Crippen LogP contribution in [0.4, 0.5) is 0 Å². The van der Waals surface area contributed by atoms with E-state index in [1.165, 1.54) is 17.9 Å². The van der Waals surface area contributed by atoms with E-state index < -0.39 is 5.97 Å². The molecule has 0 radical (unpaired) electrons. The summed E-state index contributed by atoms with van der Waals surface area (Å²) in [4.78, 5) is 11.1. The highest BCUT2D eigenvalue weighted by Crippen LogP contribution is 2.12. The minimum Gasteiger partial charge on any atom is -0.476 e. The summed E-state index contributed by atoms with van der Waals surface area (Å²) in [5.41, 5.74) is 5.50. The largest absolute Gasteiger partial charge is 0.476 e. The highest BCUT2D eigenvalue weighted by molar-refractivity contribution is 5.87. The van der Waals surface area contributed by atoms with Crippen molar-refractivity contribution in [1.29, 1.82) is 0 Å². The number of methoxy groups -OCH3 is 1. The van der Waals surface area contributed by atoms with E-state index in [0.29, 0.717) is 19.0 Å². The van der Waals surface area contributed by atoms with E-state index in [1.54, 1.807) is 7.05 Å². The maximum absolute atomic E-state index is 11.1. The van der Waals surface area contributed by atoms with Gasteiger partial charge in [-0.15, -0.1) is 0 Å². The lowest BCUT2D eigenvalue weighted by molar-refractivity contribution is 0.0593. The summed E-state index contributed by atoms with van der Waals surface area (Å²) in [5.74, 6) is 0.0130. The Morgan fingerprint density at radius 3 is 3.00 bits per heavy atom. The van der Waals surface area contributed by atoms with Gasteiger partial charge in [0.05, 0.1) is 7.11 Å². The van der Waals surface area contributed by atoms with Gasteiger partial charge in [-0.25, -0.2) is 9.48 Å². The van der Waals surface area contributed by atoms with Gasteiger partial charge in [0.2, 0.25) is 5.88 Å². The van der Waals surface area contributed by atoms with Gasteiger partial charge in [0.1, 0.15) is 6.61 Å². The topological polar surface area (TPSA) is 79.4 Å². The minimum absolute atomic E-state index is 0.224. The van der Waals surface area contributed by atoms with Gasteiger partial charge in [-0.1, -0.05) is 0 Å². The summed E-state index contributed by atoms with van der Waals surface area (Å²) in [6, 6.07) is 1.52. The molecule has 6 heteroatoms. The minimum atomic E-state index is -0.483. The fraction of sp³-hybridized carbons (Fsp3) is 0.500. The molecule has 0 atom stereocenters.